The van der Waals surface area contributed by atoms with Gasteiger partial charge in [-0.15, -0.1) is 0 Å². The Morgan fingerprint density at radius 2 is 2.05 bits per heavy atom. The highest BCUT2D eigenvalue weighted by Crippen LogP contribution is 2.18. The average Bonchev–Trinajstić information content (AvgIpc) is 2.44. The summed E-state index contributed by atoms with van der Waals surface area (Å²) in [4.78, 5) is 16.2. The Morgan fingerprint density at radius 3 is 2.80 bits per heavy atom. The van der Waals surface area contributed by atoms with Crippen molar-refractivity contribution in [3.63, 3.8) is 0 Å². The van der Waals surface area contributed by atoms with Crippen molar-refractivity contribution in [2.45, 2.75) is 19.4 Å². The Hall–Kier alpha value is -1.39. The van der Waals surface area contributed by atoms with Gasteiger partial charge in [0, 0.05) is 39.1 Å². The summed E-state index contributed by atoms with van der Waals surface area (Å²) in [6.45, 7) is 4.50. The van der Waals surface area contributed by atoms with Crippen LogP contribution in [0.25, 0.3) is 0 Å². The van der Waals surface area contributed by atoms with Gasteiger partial charge in [-0.25, -0.2) is 0 Å². The second-order valence-corrected chi connectivity index (χ2v) is 5.70. The second-order valence-electron chi connectivity index (χ2n) is 5.70. The lowest BCUT2D eigenvalue weighted by Crippen LogP contribution is -2.36. The van der Waals surface area contributed by atoms with E-state index in [4.69, 9.17) is 0 Å². The van der Waals surface area contributed by atoms with Crippen LogP contribution in [0, 0.1) is 0 Å². The number of amides is 1. The first-order chi connectivity index (χ1) is 9.65. The molecule has 0 atom stereocenters. The minimum atomic E-state index is 0.158. The lowest BCUT2D eigenvalue weighted by molar-refractivity contribution is -0.121. The smallest absolute Gasteiger partial charge is 0.221 e. The molecule has 0 aromatic heterocycles. The van der Waals surface area contributed by atoms with Crippen LogP contribution in [0.2, 0.25) is 0 Å². The zero-order valence-corrected chi connectivity index (χ0v) is 12.6. The third kappa shape index (κ3) is 4.62. The number of benzene rings is 1. The highest BCUT2D eigenvalue weighted by molar-refractivity contribution is 5.76. The minimum absolute atomic E-state index is 0.158. The number of fused-ring (bicyclic) bond motifs is 1. The molecule has 4 heteroatoms. The van der Waals surface area contributed by atoms with Gasteiger partial charge in [0.15, 0.2) is 0 Å². The SMILES string of the molecule is CN(C)CCNC(=O)CCN1CCc2ccccc2C1. The molecule has 0 radical (unpaired) electrons. The van der Waals surface area contributed by atoms with Crippen LogP contribution in [-0.2, 0) is 17.8 Å². The van der Waals surface area contributed by atoms with E-state index in [0.29, 0.717) is 6.42 Å². The summed E-state index contributed by atoms with van der Waals surface area (Å²) >= 11 is 0. The van der Waals surface area contributed by atoms with Gasteiger partial charge in [0.2, 0.25) is 5.91 Å². The summed E-state index contributed by atoms with van der Waals surface area (Å²) in [5, 5.41) is 2.97. The van der Waals surface area contributed by atoms with Crippen molar-refractivity contribution < 1.29 is 4.79 Å². The molecule has 1 aromatic rings. The van der Waals surface area contributed by atoms with Gasteiger partial charge in [0.05, 0.1) is 0 Å². The predicted octanol–water partition coefficient (Wildman–Crippen LogP) is 1.11. The zero-order valence-electron chi connectivity index (χ0n) is 12.6. The van der Waals surface area contributed by atoms with E-state index in [9.17, 15) is 4.79 Å². The Balaban J connectivity index is 1.69. The molecule has 0 aliphatic carbocycles. The Labute approximate surface area is 121 Å². The van der Waals surface area contributed by atoms with Crippen LogP contribution in [0.5, 0.6) is 0 Å². The quantitative estimate of drug-likeness (QED) is 0.845. The van der Waals surface area contributed by atoms with Crippen LogP contribution in [0.15, 0.2) is 24.3 Å². The van der Waals surface area contributed by atoms with E-state index in [2.05, 4.69) is 39.4 Å². The van der Waals surface area contributed by atoms with Crippen LogP contribution in [0.3, 0.4) is 0 Å². The van der Waals surface area contributed by atoms with Gasteiger partial charge >= 0.3 is 0 Å². The summed E-state index contributed by atoms with van der Waals surface area (Å²) in [7, 11) is 4.02. The number of nitrogens with one attached hydrogen (secondary N) is 1. The summed E-state index contributed by atoms with van der Waals surface area (Å²) < 4.78 is 0. The van der Waals surface area contributed by atoms with E-state index < -0.39 is 0 Å². The molecule has 1 N–H and O–H groups in total. The molecule has 0 fully saturated rings. The maximum absolute atomic E-state index is 11.8. The van der Waals surface area contributed by atoms with Crippen LogP contribution in [-0.4, -0.2) is 56.0 Å². The molecule has 110 valence electrons. The number of hydrogen-bond donors (Lipinski definition) is 1. The molecule has 1 aromatic carbocycles. The molecular formula is C16H25N3O. The number of likely N-dealkylation sites (N-methyl/N-ethyl adjacent to an activating group) is 1. The maximum Gasteiger partial charge on any atom is 0.221 e. The lowest BCUT2D eigenvalue weighted by Gasteiger charge is -2.28. The third-order valence-corrected chi connectivity index (χ3v) is 3.75. The standard InChI is InChI=1S/C16H25N3O/c1-18(2)12-9-17-16(20)8-11-19-10-7-14-5-3-4-6-15(14)13-19/h3-6H,7-13H2,1-2H3,(H,17,20). The maximum atomic E-state index is 11.8. The second kappa shape index (κ2) is 7.41. The summed E-state index contributed by atoms with van der Waals surface area (Å²) in [5.41, 5.74) is 2.87. The fraction of sp³-hybridized carbons (Fsp3) is 0.562. The monoisotopic (exact) mass is 275 g/mol. The fourth-order valence-corrected chi connectivity index (χ4v) is 2.51. The molecule has 1 aliphatic rings. The molecule has 1 amide bonds. The van der Waals surface area contributed by atoms with Crippen molar-refractivity contribution in [2.75, 3.05) is 40.3 Å². The van der Waals surface area contributed by atoms with Crippen molar-refractivity contribution in [3.8, 4) is 0 Å². The first-order valence-corrected chi connectivity index (χ1v) is 7.36. The Morgan fingerprint density at radius 1 is 1.30 bits per heavy atom. The van der Waals surface area contributed by atoms with Gasteiger partial charge < -0.3 is 10.2 Å². The van der Waals surface area contributed by atoms with Crippen LogP contribution >= 0.6 is 0 Å². The zero-order chi connectivity index (χ0) is 14.4. The van der Waals surface area contributed by atoms with E-state index in [1.165, 1.54) is 11.1 Å². The predicted molar refractivity (Wildman–Crippen MR) is 81.6 cm³/mol. The molecule has 4 nitrogen and oxygen atoms in total. The van der Waals surface area contributed by atoms with Crippen LogP contribution in [0.1, 0.15) is 17.5 Å². The number of hydrogen-bond acceptors (Lipinski definition) is 3. The highest BCUT2D eigenvalue weighted by Gasteiger charge is 2.16. The highest BCUT2D eigenvalue weighted by atomic mass is 16.1. The first kappa shape index (κ1) is 15.0. The molecule has 0 saturated carbocycles. The van der Waals surface area contributed by atoms with Crippen LogP contribution in [0.4, 0.5) is 0 Å². The molecule has 0 unspecified atom stereocenters. The summed E-state index contributed by atoms with van der Waals surface area (Å²) in [6.07, 6.45) is 1.69. The van der Waals surface area contributed by atoms with Gasteiger partial charge in [-0.3, -0.25) is 9.69 Å². The first-order valence-electron chi connectivity index (χ1n) is 7.36. The molecule has 0 bridgehead atoms. The minimum Gasteiger partial charge on any atom is -0.355 e. The summed E-state index contributed by atoms with van der Waals surface area (Å²) in [5.74, 6) is 0.158. The molecule has 1 heterocycles. The number of nitrogens with zero attached hydrogens (tertiary/aromatic N) is 2. The molecule has 20 heavy (non-hydrogen) atoms. The van der Waals surface area contributed by atoms with Crippen molar-refractivity contribution in [2.24, 2.45) is 0 Å². The van der Waals surface area contributed by atoms with Gasteiger partial charge in [-0.05, 0) is 31.6 Å². The number of carbonyl (C=O) groups excluding carboxylic acids is 1. The van der Waals surface area contributed by atoms with Gasteiger partial charge in [-0.2, -0.15) is 0 Å². The molecule has 0 saturated heterocycles. The third-order valence-electron chi connectivity index (χ3n) is 3.75. The molecular weight excluding hydrogens is 250 g/mol. The van der Waals surface area contributed by atoms with E-state index in [0.717, 1.165) is 39.1 Å². The van der Waals surface area contributed by atoms with Gasteiger partial charge in [-0.1, -0.05) is 24.3 Å². The van der Waals surface area contributed by atoms with Gasteiger partial charge in [0.25, 0.3) is 0 Å². The Bertz CT molecular complexity index is 445. The Kier molecular flexibility index (Phi) is 5.56. The van der Waals surface area contributed by atoms with Crippen molar-refractivity contribution in [3.05, 3.63) is 35.4 Å². The molecule has 0 spiro atoms. The average molecular weight is 275 g/mol. The largest absolute Gasteiger partial charge is 0.355 e. The summed E-state index contributed by atoms with van der Waals surface area (Å²) in [6, 6.07) is 8.60. The number of carbonyl (C=O) groups is 1. The van der Waals surface area contributed by atoms with E-state index in [-0.39, 0.29) is 5.91 Å². The van der Waals surface area contributed by atoms with Gasteiger partial charge in [0.1, 0.15) is 0 Å². The van der Waals surface area contributed by atoms with Crippen molar-refractivity contribution in [1.29, 1.82) is 0 Å². The lowest BCUT2D eigenvalue weighted by atomic mass is 10.00. The van der Waals surface area contributed by atoms with E-state index in [1.807, 2.05) is 14.1 Å². The van der Waals surface area contributed by atoms with E-state index in [1.54, 1.807) is 0 Å². The number of rotatable bonds is 6. The normalized spacial score (nSPS) is 15.2. The van der Waals surface area contributed by atoms with Crippen molar-refractivity contribution in [1.82, 2.24) is 15.1 Å². The van der Waals surface area contributed by atoms with E-state index >= 15 is 0 Å². The topological polar surface area (TPSA) is 35.6 Å². The molecule has 1 aliphatic heterocycles. The molecule has 2 rings (SSSR count). The van der Waals surface area contributed by atoms with Crippen molar-refractivity contribution >= 4 is 5.91 Å². The fourth-order valence-electron chi connectivity index (χ4n) is 2.51. The van der Waals surface area contributed by atoms with Crippen LogP contribution < -0.4 is 5.32 Å².